The molecule has 0 spiro atoms. The Bertz CT molecular complexity index is 926. The van der Waals surface area contributed by atoms with E-state index in [-0.39, 0.29) is 0 Å². The monoisotopic (exact) mass is 383 g/mol. The van der Waals surface area contributed by atoms with Crippen molar-refractivity contribution in [2.45, 2.75) is 17.9 Å². The molecule has 130 valence electrons. The summed E-state index contributed by atoms with van der Waals surface area (Å²) in [5.41, 5.74) is 3.01. The highest BCUT2D eigenvalue weighted by atomic mass is 35.5. The zero-order valence-electron chi connectivity index (χ0n) is 13.8. The lowest BCUT2D eigenvalue weighted by molar-refractivity contribution is 0.464. The molecule has 0 radical (unpaired) electrons. The van der Waals surface area contributed by atoms with Gasteiger partial charge in [-0.3, -0.25) is 0 Å². The van der Waals surface area contributed by atoms with Crippen LogP contribution in [0.3, 0.4) is 0 Å². The highest BCUT2D eigenvalue weighted by molar-refractivity contribution is 7.98. The molecule has 0 amide bonds. The van der Waals surface area contributed by atoms with Crippen molar-refractivity contribution in [1.82, 2.24) is 15.2 Å². The van der Waals surface area contributed by atoms with Crippen LogP contribution in [-0.4, -0.2) is 15.2 Å². The van der Waals surface area contributed by atoms with Gasteiger partial charge in [0.15, 0.2) is 5.76 Å². The SMILES string of the molecule is Cc1ccc(-c2nnc(SCc3ncc(-c4ccc(Cl)cc4)o3)o2)cc1. The first-order valence-electron chi connectivity index (χ1n) is 7.91. The van der Waals surface area contributed by atoms with Crippen LogP contribution < -0.4 is 0 Å². The average molecular weight is 384 g/mol. The van der Waals surface area contributed by atoms with E-state index in [1.54, 1.807) is 6.20 Å². The Kier molecular flexibility index (Phi) is 4.77. The third-order valence-corrected chi connectivity index (χ3v) is 4.76. The van der Waals surface area contributed by atoms with E-state index in [0.29, 0.717) is 33.5 Å². The minimum atomic E-state index is 0.479. The predicted molar refractivity (Wildman–Crippen MR) is 101 cm³/mol. The first kappa shape index (κ1) is 16.9. The quantitative estimate of drug-likeness (QED) is 0.415. The van der Waals surface area contributed by atoms with Crippen LogP contribution in [0.25, 0.3) is 22.8 Å². The number of oxazole rings is 1. The van der Waals surface area contributed by atoms with E-state index in [9.17, 15) is 0 Å². The molecule has 0 bridgehead atoms. The molecule has 2 heterocycles. The number of nitrogens with zero attached hydrogens (tertiary/aromatic N) is 3. The lowest BCUT2D eigenvalue weighted by Crippen LogP contribution is -1.79. The molecule has 4 rings (SSSR count). The Morgan fingerprint density at radius 1 is 0.923 bits per heavy atom. The molecular formula is C19H14ClN3O2S. The summed E-state index contributed by atoms with van der Waals surface area (Å²) in [6, 6.07) is 15.4. The molecule has 4 aromatic rings. The third-order valence-electron chi connectivity index (χ3n) is 3.71. The van der Waals surface area contributed by atoms with E-state index in [0.717, 1.165) is 11.1 Å². The molecule has 0 unspecified atom stereocenters. The summed E-state index contributed by atoms with van der Waals surface area (Å²) in [6.45, 7) is 2.04. The Morgan fingerprint density at radius 3 is 2.42 bits per heavy atom. The summed E-state index contributed by atoms with van der Waals surface area (Å²) in [5, 5.41) is 9.32. The van der Waals surface area contributed by atoms with E-state index in [1.165, 1.54) is 17.3 Å². The van der Waals surface area contributed by atoms with Gasteiger partial charge in [0.1, 0.15) is 0 Å². The largest absolute Gasteiger partial charge is 0.440 e. The Balaban J connectivity index is 1.42. The van der Waals surface area contributed by atoms with Crippen molar-refractivity contribution in [1.29, 1.82) is 0 Å². The summed E-state index contributed by atoms with van der Waals surface area (Å²) < 4.78 is 11.5. The van der Waals surface area contributed by atoms with Gasteiger partial charge in [-0.2, -0.15) is 0 Å². The van der Waals surface area contributed by atoms with E-state index in [1.807, 2.05) is 55.5 Å². The molecule has 0 fully saturated rings. The molecule has 0 aliphatic carbocycles. The van der Waals surface area contributed by atoms with E-state index < -0.39 is 0 Å². The van der Waals surface area contributed by atoms with Gasteiger partial charge in [0.05, 0.1) is 11.9 Å². The van der Waals surface area contributed by atoms with Gasteiger partial charge in [0.25, 0.3) is 5.22 Å². The molecule has 7 heteroatoms. The van der Waals surface area contributed by atoms with E-state index in [2.05, 4.69) is 15.2 Å². The van der Waals surface area contributed by atoms with Crippen LogP contribution in [0.1, 0.15) is 11.5 Å². The van der Waals surface area contributed by atoms with Gasteiger partial charge in [0.2, 0.25) is 11.8 Å². The number of hydrogen-bond donors (Lipinski definition) is 0. The minimum absolute atomic E-state index is 0.479. The molecule has 0 aliphatic rings. The summed E-state index contributed by atoms with van der Waals surface area (Å²) in [7, 11) is 0. The van der Waals surface area contributed by atoms with Gasteiger partial charge < -0.3 is 8.83 Å². The number of aromatic nitrogens is 3. The fourth-order valence-corrected chi connectivity index (χ4v) is 3.07. The summed E-state index contributed by atoms with van der Waals surface area (Å²) in [6.07, 6.45) is 1.70. The maximum Gasteiger partial charge on any atom is 0.277 e. The normalized spacial score (nSPS) is 11.0. The molecule has 0 N–H and O–H groups in total. The van der Waals surface area contributed by atoms with Gasteiger partial charge in [-0.05, 0) is 43.3 Å². The zero-order valence-corrected chi connectivity index (χ0v) is 15.4. The van der Waals surface area contributed by atoms with Crippen molar-refractivity contribution in [3.63, 3.8) is 0 Å². The summed E-state index contributed by atoms with van der Waals surface area (Å²) >= 11 is 7.29. The van der Waals surface area contributed by atoms with Crippen LogP contribution in [0, 0.1) is 6.92 Å². The standard InChI is InChI=1S/C19H14ClN3O2S/c1-12-2-4-14(5-3-12)18-22-23-19(25-18)26-11-17-21-10-16(24-17)13-6-8-15(20)9-7-13/h2-10H,11H2,1H3. The lowest BCUT2D eigenvalue weighted by atomic mass is 10.1. The number of thioether (sulfide) groups is 1. The Morgan fingerprint density at radius 2 is 1.65 bits per heavy atom. The van der Waals surface area contributed by atoms with Crippen molar-refractivity contribution >= 4 is 23.4 Å². The Labute approximate surface area is 159 Å². The molecule has 26 heavy (non-hydrogen) atoms. The van der Waals surface area contributed by atoms with Crippen molar-refractivity contribution in [3.8, 4) is 22.8 Å². The highest BCUT2D eigenvalue weighted by Crippen LogP contribution is 2.28. The van der Waals surface area contributed by atoms with Crippen LogP contribution in [0.5, 0.6) is 0 Å². The van der Waals surface area contributed by atoms with Crippen molar-refractivity contribution in [2.75, 3.05) is 0 Å². The fourth-order valence-electron chi connectivity index (χ4n) is 2.33. The van der Waals surface area contributed by atoms with Crippen molar-refractivity contribution < 1.29 is 8.83 Å². The smallest absolute Gasteiger partial charge is 0.277 e. The summed E-state index contributed by atoms with van der Waals surface area (Å²) in [4.78, 5) is 4.29. The molecule has 0 atom stereocenters. The maximum absolute atomic E-state index is 5.90. The number of hydrogen-bond acceptors (Lipinski definition) is 6. The molecule has 0 aliphatic heterocycles. The maximum atomic E-state index is 5.90. The van der Waals surface area contributed by atoms with Crippen LogP contribution in [-0.2, 0) is 5.75 Å². The number of rotatable bonds is 5. The van der Waals surface area contributed by atoms with Gasteiger partial charge in [-0.15, -0.1) is 10.2 Å². The topological polar surface area (TPSA) is 65.0 Å². The first-order chi connectivity index (χ1) is 12.7. The highest BCUT2D eigenvalue weighted by Gasteiger charge is 2.12. The molecular weight excluding hydrogens is 370 g/mol. The van der Waals surface area contributed by atoms with Crippen molar-refractivity contribution in [2.24, 2.45) is 0 Å². The van der Waals surface area contributed by atoms with Gasteiger partial charge >= 0.3 is 0 Å². The molecule has 0 saturated carbocycles. The van der Waals surface area contributed by atoms with Crippen LogP contribution in [0.2, 0.25) is 5.02 Å². The average Bonchev–Trinajstić information content (AvgIpc) is 3.31. The lowest BCUT2D eigenvalue weighted by Gasteiger charge is -1.96. The second-order valence-electron chi connectivity index (χ2n) is 5.65. The van der Waals surface area contributed by atoms with Gasteiger partial charge in [-0.1, -0.05) is 41.1 Å². The Hall–Kier alpha value is -2.57. The number of aryl methyl sites for hydroxylation is 1. The van der Waals surface area contributed by atoms with Crippen LogP contribution in [0.15, 0.2) is 68.8 Å². The number of benzene rings is 2. The predicted octanol–water partition coefficient (Wildman–Crippen LogP) is 5.65. The first-order valence-corrected chi connectivity index (χ1v) is 9.28. The molecule has 0 saturated heterocycles. The molecule has 5 nitrogen and oxygen atoms in total. The second-order valence-corrected chi connectivity index (χ2v) is 7.02. The second kappa shape index (κ2) is 7.35. The van der Waals surface area contributed by atoms with Crippen LogP contribution in [0.4, 0.5) is 0 Å². The fraction of sp³-hybridized carbons (Fsp3) is 0.105. The number of halogens is 1. The molecule has 2 aromatic carbocycles. The zero-order chi connectivity index (χ0) is 17.9. The van der Waals surface area contributed by atoms with Crippen molar-refractivity contribution in [3.05, 3.63) is 71.2 Å². The van der Waals surface area contributed by atoms with Crippen LogP contribution >= 0.6 is 23.4 Å². The van der Waals surface area contributed by atoms with Gasteiger partial charge in [0, 0.05) is 16.1 Å². The molecule has 2 aromatic heterocycles. The summed E-state index contributed by atoms with van der Waals surface area (Å²) in [5.74, 6) is 2.29. The van der Waals surface area contributed by atoms with Gasteiger partial charge in [-0.25, -0.2) is 4.98 Å². The third kappa shape index (κ3) is 3.81. The van der Waals surface area contributed by atoms with E-state index in [4.69, 9.17) is 20.4 Å². The minimum Gasteiger partial charge on any atom is -0.440 e. The van der Waals surface area contributed by atoms with E-state index >= 15 is 0 Å².